The fourth-order valence-corrected chi connectivity index (χ4v) is 2.97. The van der Waals surface area contributed by atoms with E-state index in [1.165, 1.54) is 10.9 Å². The second-order valence-corrected chi connectivity index (χ2v) is 6.21. The predicted molar refractivity (Wildman–Crippen MR) is 97.1 cm³/mol. The van der Waals surface area contributed by atoms with Crippen molar-refractivity contribution in [3.63, 3.8) is 0 Å². The lowest BCUT2D eigenvalue weighted by atomic mass is 10.1. The molecule has 10 heteroatoms. The van der Waals surface area contributed by atoms with E-state index in [4.69, 9.17) is 9.84 Å². The third-order valence-corrected chi connectivity index (χ3v) is 4.39. The van der Waals surface area contributed by atoms with Crippen molar-refractivity contribution in [1.29, 1.82) is 0 Å². The van der Waals surface area contributed by atoms with Crippen LogP contribution in [0.3, 0.4) is 0 Å². The molecule has 1 aromatic heterocycles. The van der Waals surface area contributed by atoms with Gasteiger partial charge in [0.2, 0.25) is 5.91 Å². The largest absolute Gasteiger partial charge is 0.493 e. The predicted octanol–water partition coefficient (Wildman–Crippen LogP) is 0.360. The van der Waals surface area contributed by atoms with Crippen molar-refractivity contribution in [3.8, 4) is 5.75 Å². The Morgan fingerprint density at radius 2 is 1.79 bits per heavy atom. The number of ether oxygens (including phenoxy) is 1. The van der Waals surface area contributed by atoms with E-state index in [-0.39, 0.29) is 24.1 Å². The highest BCUT2D eigenvalue weighted by atomic mass is 16.5. The van der Waals surface area contributed by atoms with Crippen LogP contribution in [0.5, 0.6) is 5.75 Å². The maximum atomic E-state index is 12.8. The van der Waals surface area contributed by atoms with E-state index in [0.29, 0.717) is 44.1 Å². The molecule has 1 aromatic carbocycles. The summed E-state index contributed by atoms with van der Waals surface area (Å²) in [5.74, 6) is -0.978. The van der Waals surface area contributed by atoms with Gasteiger partial charge < -0.3 is 19.6 Å². The number of nitrogens with zero attached hydrogens (tertiary/aromatic N) is 5. The van der Waals surface area contributed by atoms with Gasteiger partial charge in [-0.3, -0.25) is 9.59 Å². The Labute approximate surface area is 161 Å². The van der Waals surface area contributed by atoms with Crippen LogP contribution in [0.1, 0.15) is 27.8 Å². The minimum atomic E-state index is -1.20. The number of aromatic carboxylic acids is 1. The number of hydrogen-bond donors (Lipinski definition) is 1. The number of amides is 2. The molecule has 28 heavy (non-hydrogen) atoms. The number of carboxylic acids is 1. The summed E-state index contributed by atoms with van der Waals surface area (Å²) in [6, 6.07) is 7.10. The van der Waals surface area contributed by atoms with Crippen LogP contribution >= 0.6 is 0 Å². The zero-order valence-electron chi connectivity index (χ0n) is 15.4. The molecule has 0 radical (unpaired) electrons. The molecule has 2 amide bonds. The molecule has 0 spiro atoms. The third kappa shape index (κ3) is 4.27. The maximum absolute atomic E-state index is 12.8. The molecule has 148 valence electrons. The van der Waals surface area contributed by atoms with E-state index < -0.39 is 5.97 Å². The normalized spacial score (nSPS) is 14.0. The fraction of sp³-hybridized carbons (Fsp3) is 0.389. The van der Waals surface area contributed by atoms with Crippen LogP contribution in [0.25, 0.3) is 0 Å². The molecule has 1 fully saturated rings. The summed E-state index contributed by atoms with van der Waals surface area (Å²) < 4.78 is 6.72. The van der Waals surface area contributed by atoms with Gasteiger partial charge in [0.05, 0.1) is 18.4 Å². The van der Waals surface area contributed by atoms with E-state index in [1.54, 1.807) is 28.0 Å². The van der Waals surface area contributed by atoms with Gasteiger partial charge in [0, 0.05) is 26.2 Å². The summed E-state index contributed by atoms with van der Waals surface area (Å²) in [6.45, 7) is 3.83. The van der Waals surface area contributed by atoms with Crippen LogP contribution < -0.4 is 4.74 Å². The highest BCUT2D eigenvalue weighted by molar-refractivity contribution is 5.97. The van der Waals surface area contributed by atoms with Crippen LogP contribution in [0.15, 0.2) is 30.5 Å². The Morgan fingerprint density at radius 3 is 2.43 bits per heavy atom. The van der Waals surface area contributed by atoms with Crippen molar-refractivity contribution in [2.24, 2.45) is 0 Å². The van der Waals surface area contributed by atoms with Crippen LogP contribution in [0.4, 0.5) is 0 Å². The molecular formula is C18H21N5O5. The number of carbonyl (C=O) groups is 3. The quantitative estimate of drug-likeness (QED) is 0.760. The number of carboxylic acid groups (broad SMARTS) is 1. The molecule has 1 aliphatic rings. The summed E-state index contributed by atoms with van der Waals surface area (Å²) in [7, 11) is 0. The van der Waals surface area contributed by atoms with Crippen molar-refractivity contribution < 1.29 is 24.2 Å². The number of carbonyl (C=O) groups excluding carboxylic acids is 2. The summed E-state index contributed by atoms with van der Waals surface area (Å²) in [6.07, 6.45) is 1.21. The van der Waals surface area contributed by atoms with E-state index in [1.807, 2.05) is 13.0 Å². The van der Waals surface area contributed by atoms with E-state index in [2.05, 4.69) is 10.3 Å². The fourth-order valence-electron chi connectivity index (χ4n) is 2.97. The Balaban J connectivity index is 1.57. The topological polar surface area (TPSA) is 118 Å². The van der Waals surface area contributed by atoms with Crippen molar-refractivity contribution in [3.05, 3.63) is 41.7 Å². The van der Waals surface area contributed by atoms with Gasteiger partial charge in [0.1, 0.15) is 12.3 Å². The molecule has 10 nitrogen and oxygen atoms in total. The average Bonchev–Trinajstić information content (AvgIpc) is 3.17. The lowest BCUT2D eigenvalue weighted by Gasteiger charge is -2.35. The van der Waals surface area contributed by atoms with Crippen LogP contribution in [-0.2, 0) is 11.3 Å². The molecule has 2 aromatic rings. The van der Waals surface area contributed by atoms with Gasteiger partial charge in [-0.25, -0.2) is 9.48 Å². The highest BCUT2D eigenvalue weighted by Crippen LogP contribution is 2.20. The Morgan fingerprint density at radius 1 is 1.11 bits per heavy atom. The van der Waals surface area contributed by atoms with Gasteiger partial charge in [-0.05, 0) is 19.1 Å². The number of piperazine rings is 1. The van der Waals surface area contributed by atoms with Crippen LogP contribution in [0, 0.1) is 0 Å². The monoisotopic (exact) mass is 387 g/mol. The van der Waals surface area contributed by atoms with Gasteiger partial charge >= 0.3 is 5.97 Å². The molecule has 1 N–H and O–H groups in total. The number of hydrogen-bond acceptors (Lipinski definition) is 6. The minimum absolute atomic E-state index is 0.0958. The molecule has 1 saturated heterocycles. The van der Waals surface area contributed by atoms with Gasteiger partial charge in [0.25, 0.3) is 5.91 Å². The first-order chi connectivity index (χ1) is 13.5. The van der Waals surface area contributed by atoms with E-state index in [9.17, 15) is 14.4 Å². The van der Waals surface area contributed by atoms with Crippen molar-refractivity contribution in [2.45, 2.75) is 13.5 Å². The van der Waals surface area contributed by atoms with E-state index >= 15 is 0 Å². The molecule has 0 atom stereocenters. The highest BCUT2D eigenvalue weighted by Gasteiger charge is 2.26. The van der Waals surface area contributed by atoms with Crippen molar-refractivity contribution in [1.82, 2.24) is 24.8 Å². The zero-order chi connectivity index (χ0) is 20.1. The van der Waals surface area contributed by atoms with Gasteiger partial charge in [0.15, 0.2) is 5.69 Å². The second kappa shape index (κ2) is 8.51. The molecule has 0 saturated carbocycles. The number of benzene rings is 1. The molecule has 0 unspecified atom stereocenters. The number of aromatic nitrogens is 3. The summed E-state index contributed by atoms with van der Waals surface area (Å²) in [5.41, 5.74) is 0.295. The standard InChI is InChI=1S/C18H21N5O5/c1-2-28-15-6-4-3-5-13(15)17(25)22-9-7-21(8-10-22)16(24)12-23-11-14(18(26)27)19-20-23/h3-6,11H,2,7-10,12H2,1H3,(H,26,27). The summed E-state index contributed by atoms with van der Waals surface area (Å²) in [5, 5.41) is 16.0. The first kappa shape index (κ1) is 19.3. The van der Waals surface area contributed by atoms with Crippen LogP contribution in [0.2, 0.25) is 0 Å². The van der Waals surface area contributed by atoms with Crippen LogP contribution in [-0.4, -0.2) is 80.5 Å². The Bertz CT molecular complexity index is 873. The SMILES string of the molecule is CCOc1ccccc1C(=O)N1CCN(C(=O)Cn2cc(C(=O)O)nn2)CC1. The molecule has 0 aliphatic carbocycles. The first-order valence-corrected chi connectivity index (χ1v) is 8.92. The zero-order valence-corrected chi connectivity index (χ0v) is 15.4. The minimum Gasteiger partial charge on any atom is -0.493 e. The van der Waals surface area contributed by atoms with Gasteiger partial charge in [-0.2, -0.15) is 0 Å². The smallest absolute Gasteiger partial charge is 0.358 e. The lowest BCUT2D eigenvalue weighted by Crippen LogP contribution is -2.51. The van der Waals surface area contributed by atoms with Gasteiger partial charge in [-0.15, -0.1) is 5.10 Å². The first-order valence-electron chi connectivity index (χ1n) is 8.92. The Hall–Kier alpha value is -3.43. The van der Waals surface area contributed by atoms with Crippen molar-refractivity contribution in [2.75, 3.05) is 32.8 Å². The van der Waals surface area contributed by atoms with E-state index in [0.717, 1.165) is 0 Å². The molecule has 2 heterocycles. The number of para-hydroxylation sites is 1. The average molecular weight is 387 g/mol. The molecule has 1 aliphatic heterocycles. The molecular weight excluding hydrogens is 366 g/mol. The molecule has 3 rings (SSSR count). The summed E-state index contributed by atoms with van der Waals surface area (Å²) >= 11 is 0. The maximum Gasteiger partial charge on any atom is 0.358 e. The van der Waals surface area contributed by atoms with Crippen molar-refractivity contribution >= 4 is 17.8 Å². The second-order valence-electron chi connectivity index (χ2n) is 6.21. The molecule has 0 bridgehead atoms. The number of rotatable bonds is 6. The Kier molecular flexibility index (Phi) is 5.87. The third-order valence-electron chi connectivity index (χ3n) is 4.39. The summed E-state index contributed by atoms with van der Waals surface area (Å²) in [4.78, 5) is 39.3. The van der Waals surface area contributed by atoms with Gasteiger partial charge in [-0.1, -0.05) is 17.3 Å². The lowest BCUT2D eigenvalue weighted by molar-refractivity contribution is -0.133.